The van der Waals surface area contributed by atoms with Gasteiger partial charge in [-0.2, -0.15) is 4.98 Å². The van der Waals surface area contributed by atoms with E-state index in [1.54, 1.807) is 14.2 Å². The summed E-state index contributed by atoms with van der Waals surface area (Å²) in [6.45, 7) is 2.50. The van der Waals surface area contributed by atoms with Crippen molar-refractivity contribution in [3.63, 3.8) is 0 Å². The van der Waals surface area contributed by atoms with Crippen LogP contribution in [0.15, 0.2) is 28.8 Å². The SMILES string of the molecule is COCCNC(=O)C1CCN(c2nc(-c3ccc(OC)cc3)no2)CC1. The molecule has 140 valence electrons. The molecular weight excluding hydrogens is 336 g/mol. The number of aromatic nitrogens is 2. The topological polar surface area (TPSA) is 89.7 Å². The van der Waals surface area contributed by atoms with E-state index in [4.69, 9.17) is 14.0 Å². The summed E-state index contributed by atoms with van der Waals surface area (Å²) < 4.78 is 15.5. The van der Waals surface area contributed by atoms with Gasteiger partial charge >= 0.3 is 6.01 Å². The molecule has 1 aromatic heterocycles. The van der Waals surface area contributed by atoms with E-state index < -0.39 is 0 Å². The normalized spacial score (nSPS) is 15.1. The summed E-state index contributed by atoms with van der Waals surface area (Å²) in [5, 5.41) is 6.96. The van der Waals surface area contributed by atoms with Crippen molar-refractivity contribution in [1.29, 1.82) is 0 Å². The fraction of sp³-hybridized carbons (Fsp3) is 0.500. The van der Waals surface area contributed by atoms with Gasteiger partial charge in [0.2, 0.25) is 11.7 Å². The molecular formula is C18H24N4O4. The summed E-state index contributed by atoms with van der Waals surface area (Å²) in [6.07, 6.45) is 1.53. The smallest absolute Gasteiger partial charge is 0.324 e. The lowest BCUT2D eigenvalue weighted by Gasteiger charge is -2.29. The molecule has 0 spiro atoms. The quantitative estimate of drug-likeness (QED) is 0.752. The summed E-state index contributed by atoms with van der Waals surface area (Å²) in [4.78, 5) is 18.6. The summed E-state index contributed by atoms with van der Waals surface area (Å²) in [5.74, 6) is 1.43. The third-order valence-corrected chi connectivity index (χ3v) is 4.51. The second-order valence-corrected chi connectivity index (χ2v) is 6.17. The zero-order chi connectivity index (χ0) is 18.4. The van der Waals surface area contributed by atoms with Gasteiger partial charge in [0.25, 0.3) is 0 Å². The van der Waals surface area contributed by atoms with Crippen molar-refractivity contribution in [3.8, 4) is 17.1 Å². The average Bonchev–Trinajstić information content (AvgIpc) is 3.18. The Bertz CT molecular complexity index is 708. The summed E-state index contributed by atoms with van der Waals surface area (Å²) in [7, 11) is 3.25. The molecule has 0 saturated carbocycles. The molecule has 0 bridgehead atoms. The zero-order valence-corrected chi connectivity index (χ0v) is 15.1. The van der Waals surface area contributed by atoms with Crippen LogP contribution < -0.4 is 15.0 Å². The number of amides is 1. The second kappa shape index (κ2) is 8.66. The van der Waals surface area contributed by atoms with Crippen molar-refractivity contribution in [2.45, 2.75) is 12.8 Å². The van der Waals surface area contributed by atoms with Crippen LogP contribution in [0.25, 0.3) is 11.4 Å². The highest BCUT2D eigenvalue weighted by molar-refractivity contribution is 5.78. The van der Waals surface area contributed by atoms with Gasteiger partial charge in [-0.05, 0) is 37.1 Å². The van der Waals surface area contributed by atoms with Gasteiger partial charge in [-0.3, -0.25) is 4.79 Å². The van der Waals surface area contributed by atoms with Crippen LogP contribution in [0, 0.1) is 5.92 Å². The van der Waals surface area contributed by atoms with Gasteiger partial charge < -0.3 is 24.2 Å². The van der Waals surface area contributed by atoms with Crippen LogP contribution in [0.1, 0.15) is 12.8 Å². The Morgan fingerprint density at radius 2 is 2.00 bits per heavy atom. The van der Waals surface area contributed by atoms with E-state index in [0.29, 0.717) is 38.1 Å². The third-order valence-electron chi connectivity index (χ3n) is 4.51. The van der Waals surface area contributed by atoms with Crippen LogP contribution in [0.5, 0.6) is 5.75 Å². The number of nitrogens with one attached hydrogen (secondary N) is 1. The molecule has 1 saturated heterocycles. The van der Waals surface area contributed by atoms with Crippen LogP contribution in [0.4, 0.5) is 6.01 Å². The minimum Gasteiger partial charge on any atom is -0.497 e. The molecule has 1 aliphatic heterocycles. The van der Waals surface area contributed by atoms with E-state index >= 15 is 0 Å². The molecule has 1 amide bonds. The maximum atomic E-state index is 12.1. The molecule has 8 heteroatoms. The van der Waals surface area contributed by atoms with Crippen LogP contribution in [0.2, 0.25) is 0 Å². The minimum absolute atomic E-state index is 0.0205. The number of ether oxygens (including phenoxy) is 2. The van der Waals surface area contributed by atoms with Crippen molar-refractivity contribution in [2.24, 2.45) is 5.92 Å². The summed E-state index contributed by atoms with van der Waals surface area (Å²) >= 11 is 0. The third kappa shape index (κ3) is 4.32. The number of carbonyl (C=O) groups is 1. The highest BCUT2D eigenvalue weighted by atomic mass is 16.5. The van der Waals surface area contributed by atoms with Crippen LogP contribution >= 0.6 is 0 Å². The molecule has 1 aliphatic rings. The molecule has 1 N–H and O–H groups in total. The first-order chi connectivity index (χ1) is 12.7. The van der Waals surface area contributed by atoms with Crippen molar-refractivity contribution in [3.05, 3.63) is 24.3 Å². The van der Waals surface area contributed by atoms with E-state index in [9.17, 15) is 4.79 Å². The molecule has 3 rings (SSSR count). The first-order valence-corrected chi connectivity index (χ1v) is 8.71. The summed E-state index contributed by atoms with van der Waals surface area (Å²) in [5.41, 5.74) is 0.869. The molecule has 2 aromatic rings. The van der Waals surface area contributed by atoms with E-state index in [1.165, 1.54) is 0 Å². The van der Waals surface area contributed by atoms with Crippen molar-refractivity contribution >= 4 is 11.9 Å². The van der Waals surface area contributed by atoms with Gasteiger partial charge in [0.1, 0.15) is 5.75 Å². The molecule has 0 atom stereocenters. The van der Waals surface area contributed by atoms with E-state index in [-0.39, 0.29) is 11.8 Å². The largest absolute Gasteiger partial charge is 0.497 e. The minimum atomic E-state index is 0.0205. The molecule has 8 nitrogen and oxygen atoms in total. The predicted octanol–water partition coefficient (Wildman–Crippen LogP) is 1.72. The first kappa shape index (κ1) is 18.2. The van der Waals surface area contributed by atoms with E-state index in [1.807, 2.05) is 29.2 Å². The predicted molar refractivity (Wildman–Crippen MR) is 96.1 cm³/mol. The lowest BCUT2D eigenvalue weighted by Crippen LogP contribution is -2.41. The highest BCUT2D eigenvalue weighted by Gasteiger charge is 2.27. The van der Waals surface area contributed by atoms with E-state index in [2.05, 4.69) is 15.5 Å². The number of hydrogen-bond acceptors (Lipinski definition) is 7. The lowest BCUT2D eigenvalue weighted by molar-refractivity contribution is -0.125. The summed E-state index contributed by atoms with van der Waals surface area (Å²) in [6, 6.07) is 8.00. The van der Waals surface area contributed by atoms with Crippen LogP contribution in [-0.2, 0) is 9.53 Å². The number of methoxy groups -OCH3 is 2. The van der Waals surface area contributed by atoms with Gasteiger partial charge in [0, 0.05) is 38.2 Å². The fourth-order valence-electron chi connectivity index (χ4n) is 2.95. The molecule has 0 radical (unpaired) electrons. The average molecular weight is 360 g/mol. The molecule has 1 fully saturated rings. The van der Waals surface area contributed by atoms with Gasteiger partial charge in [0.05, 0.1) is 13.7 Å². The monoisotopic (exact) mass is 360 g/mol. The van der Waals surface area contributed by atoms with Gasteiger partial charge in [-0.1, -0.05) is 5.16 Å². The van der Waals surface area contributed by atoms with Crippen LogP contribution in [0.3, 0.4) is 0 Å². The Morgan fingerprint density at radius 1 is 1.27 bits per heavy atom. The number of rotatable bonds is 7. The van der Waals surface area contributed by atoms with Crippen LogP contribution in [-0.4, -0.2) is 56.5 Å². The highest BCUT2D eigenvalue weighted by Crippen LogP contribution is 2.25. The fourth-order valence-corrected chi connectivity index (χ4v) is 2.95. The van der Waals surface area contributed by atoms with Crippen molar-refractivity contribution < 1.29 is 18.8 Å². The Balaban J connectivity index is 1.55. The zero-order valence-electron chi connectivity index (χ0n) is 15.1. The lowest BCUT2D eigenvalue weighted by atomic mass is 9.96. The Hall–Kier alpha value is -2.61. The number of piperidine rings is 1. The Labute approximate surface area is 152 Å². The number of anilines is 1. The standard InChI is InChI=1S/C18H24N4O4/c1-24-12-9-19-17(23)14-7-10-22(11-8-14)18-20-16(21-26-18)13-3-5-15(25-2)6-4-13/h3-6,14H,7-12H2,1-2H3,(H,19,23). The van der Waals surface area contributed by atoms with Crippen molar-refractivity contribution in [1.82, 2.24) is 15.5 Å². The number of benzene rings is 1. The molecule has 0 unspecified atom stereocenters. The Kier molecular flexibility index (Phi) is 6.06. The molecule has 1 aromatic carbocycles. The van der Waals surface area contributed by atoms with Gasteiger partial charge in [0.15, 0.2) is 0 Å². The number of carbonyl (C=O) groups excluding carboxylic acids is 1. The van der Waals surface area contributed by atoms with Gasteiger partial charge in [-0.15, -0.1) is 0 Å². The number of hydrogen-bond donors (Lipinski definition) is 1. The molecule has 0 aliphatic carbocycles. The Morgan fingerprint density at radius 3 is 2.65 bits per heavy atom. The number of nitrogens with zero attached hydrogens (tertiary/aromatic N) is 3. The first-order valence-electron chi connectivity index (χ1n) is 8.71. The van der Waals surface area contributed by atoms with Gasteiger partial charge in [-0.25, -0.2) is 0 Å². The molecule has 2 heterocycles. The second-order valence-electron chi connectivity index (χ2n) is 6.17. The maximum Gasteiger partial charge on any atom is 0.324 e. The molecule has 26 heavy (non-hydrogen) atoms. The van der Waals surface area contributed by atoms with E-state index in [0.717, 1.165) is 24.2 Å². The van der Waals surface area contributed by atoms with Crippen molar-refractivity contribution in [2.75, 3.05) is 45.4 Å². The maximum absolute atomic E-state index is 12.1.